The van der Waals surface area contributed by atoms with Crippen molar-refractivity contribution < 1.29 is 9.53 Å². The fourth-order valence-electron chi connectivity index (χ4n) is 4.00. The van der Waals surface area contributed by atoms with Crippen LogP contribution in [0.2, 0.25) is 5.02 Å². The van der Waals surface area contributed by atoms with E-state index in [0.717, 1.165) is 17.9 Å². The number of urea groups is 1. The molecule has 0 aromatic heterocycles. The second-order valence-electron chi connectivity index (χ2n) is 7.05. The maximum Gasteiger partial charge on any atom is 0.315 e. The Hall–Kier alpha value is -1.26. The van der Waals surface area contributed by atoms with Crippen LogP contribution in [-0.4, -0.2) is 25.7 Å². The van der Waals surface area contributed by atoms with Crippen molar-refractivity contribution in [1.82, 2.24) is 10.6 Å². The second kappa shape index (κ2) is 6.70. The second-order valence-corrected chi connectivity index (χ2v) is 7.49. The standard InChI is InChI=1S/C18H25ClN2O2/c1-18(23-2,14-4-3-5-15(19)10-14)11-20-17(22)21-16-9-12-6-7-13(16)8-12/h3-5,10,12-13,16H,6-9,11H2,1-2H3,(H2,20,21,22)/t12?,13?,16-,18?/m0/s1. The summed E-state index contributed by atoms with van der Waals surface area (Å²) in [6.07, 6.45) is 5.01. The van der Waals surface area contributed by atoms with Gasteiger partial charge in [0.2, 0.25) is 0 Å². The number of fused-ring (bicyclic) bond motifs is 2. The Kier molecular flexibility index (Phi) is 4.83. The first kappa shape index (κ1) is 16.6. The van der Waals surface area contributed by atoms with Crippen LogP contribution >= 0.6 is 11.6 Å². The first-order chi connectivity index (χ1) is 11.0. The van der Waals surface area contributed by atoms with E-state index in [-0.39, 0.29) is 6.03 Å². The van der Waals surface area contributed by atoms with Crippen LogP contribution in [0.3, 0.4) is 0 Å². The van der Waals surface area contributed by atoms with Gasteiger partial charge in [0.1, 0.15) is 5.60 Å². The van der Waals surface area contributed by atoms with Gasteiger partial charge in [-0.05, 0) is 55.7 Å². The van der Waals surface area contributed by atoms with Crippen LogP contribution < -0.4 is 10.6 Å². The van der Waals surface area contributed by atoms with E-state index in [9.17, 15) is 4.79 Å². The minimum Gasteiger partial charge on any atom is -0.372 e. The van der Waals surface area contributed by atoms with Crippen molar-refractivity contribution in [2.24, 2.45) is 11.8 Å². The molecule has 5 heteroatoms. The molecule has 3 unspecified atom stereocenters. The van der Waals surface area contributed by atoms with E-state index in [1.165, 1.54) is 19.3 Å². The van der Waals surface area contributed by atoms with Crippen molar-refractivity contribution in [3.63, 3.8) is 0 Å². The Balaban J connectivity index is 1.56. The third-order valence-electron chi connectivity index (χ3n) is 5.53. The summed E-state index contributed by atoms with van der Waals surface area (Å²) in [4.78, 5) is 12.2. The van der Waals surface area contributed by atoms with E-state index in [1.807, 2.05) is 31.2 Å². The highest BCUT2D eigenvalue weighted by atomic mass is 35.5. The molecule has 1 aromatic carbocycles. The van der Waals surface area contributed by atoms with Gasteiger partial charge in [-0.2, -0.15) is 0 Å². The molecular formula is C18H25ClN2O2. The zero-order chi connectivity index (χ0) is 16.4. The number of benzene rings is 1. The molecule has 3 rings (SSSR count). The molecule has 0 heterocycles. The lowest BCUT2D eigenvalue weighted by atomic mass is 9.95. The predicted molar refractivity (Wildman–Crippen MR) is 91.6 cm³/mol. The molecule has 2 saturated carbocycles. The minimum absolute atomic E-state index is 0.104. The molecule has 2 amide bonds. The SMILES string of the molecule is COC(C)(CNC(=O)N[C@H]1CC2CCC1C2)c1cccc(Cl)c1. The molecule has 23 heavy (non-hydrogen) atoms. The fraction of sp³-hybridized carbons (Fsp3) is 0.611. The summed E-state index contributed by atoms with van der Waals surface area (Å²) < 4.78 is 5.65. The quantitative estimate of drug-likeness (QED) is 0.861. The van der Waals surface area contributed by atoms with Gasteiger partial charge in [-0.1, -0.05) is 30.2 Å². The molecule has 4 nitrogen and oxygen atoms in total. The van der Waals surface area contributed by atoms with Crippen molar-refractivity contribution >= 4 is 17.6 Å². The maximum absolute atomic E-state index is 12.2. The summed E-state index contributed by atoms with van der Waals surface area (Å²) in [7, 11) is 1.65. The summed E-state index contributed by atoms with van der Waals surface area (Å²) in [6.45, 7) is 2.35. The number of halogens is 1. The Labute approximate surface area is 142 Å². The number of ether oxygens (including phenoxy) is 1. The van der Waals surface area contributed by atoms with Crippen LogP contribution in [0.1, 0.15) is 38.2 Å². The molecule has 2 fully saturated rings. The van der Waals surface area contributed by atoms with E-state index in [1.54, 1.807) is 7.11 Å². The number of hydrogen-bond donors (Lipinski definition) is 2. The van der Waals surface area contributed by atoms with Crippen LogP contribution in [0.25, 0.3) is 0 Å². The molecular weight excluding hydrogens is 312 g/mol. The van der Waals surface area contributed by atoms with Gasteiger partial charge in [-0.15, -0.1) is 0 Å². The van der Waals surface area contributed by atoms with E-state index >= 15 is 0 Å². The Morgan fingerprint density at radius 1 is 1.39 bits per heavy atom. The van der Waals surface area contributed by atoms with Crippen molar-refractivity contribution in [2.75, 3.05) is 13.7 Å². The van der Waals surface area contributed by atoms with Gasteiger partial charge >= 0.3 is 6.03 Å². The van der Waals surface area contributed by atoms with Crippen LogP contribution in [0.15, 0.2) is 24.3 Å². The Morgan fingerprint density at radius 3 is 2.83 bits per heavy atom. The van der Waals surface area contributed by atoms with Gasteiger partial charge in [-0.3, -0.25) is 0 Å². The molecule has 0 aliphatic heterocycles. The van der Waals surface area contributed by atoms with Gasteiger partial charge in [0.05, 0.1) is 6.54 Å². The van der Waals surface area contributed by atoms with Crippen LogP contribution in [-0.2, 0) is 10.3 Å². The van der Waals surface area contributed by atoms with E-state index in [4.69, 9.17) is 16.3 Å². The first-order valence-electron chi connectivity index (χ1n) is 8.36. The average molecular weight is 337 g/mol. The highest BCUT2D eigenvalue weighted by Gasteiger charge is 2.40. The van der Waals surface area contributed by atoms with Crippen LogP contribution in [0.5, 0.6) is 0 Å². The van der Waals surface area contributed by atoms with E-state index in [0.29, 0.717) is 23.5 Å². The average Bonchev–Trinajstić information content (AvgIpc) is 3.15. The highest BCUT2D eigenvalue weighted by Crippen LogP contribution is 2.44. The monoisotopic (exact) mass is 336 g/mol. The zero-order valence-electron chi connectivity index (χ0n) is 13.8. The molecule has 4 atom stereocenters. The lowest BCUT2D eigenvalue weighted by Crippen LogP contribution is -2.48. The zero-order valence-corrected chi connectivity index (χ0v) is 14.5. The van der Waals surface area contributed by atoms with Gasteiger partial charge in [0.25, 0.3) is 0 Å². The van der Waals surface area contributed by atoms with Gasteiger partial charge < -0.3 is 15.4 Å². The van der Waals surface area contributed by atoms with Gasteiger partial charge in [-0.25, -0.2) is 4.79 Å². The predicted octanol–water partition coefficient (Wildman–Crippen LogP) is 3.69. The number of nitrogens with one attached hydrogen (secondary N) is 2. The minimum atomic E-state index is -0.600. The van der Waals surface area contributed by atoms with Crippen molar-refractivity contribution in [3.05, 3.63) is 34.9 Å². The topological polar surface area (TPSA) is 50.4 Å². The molecule has 1 aromatic rings. The first-order valence-corrected chi connectivity index (χ1v) is 8.73. The molecule has 0 spiro atoms. The Morgan fingerprint density at radius 2 is 2.22 bits per heavy atom. The number of methoxy groups -OCH3 is 1. The van der Waals surface area contributed by atoms with Crippen LogP contribution in [0, 0.1) is 11.8 Å². The summed E-state index contributed by atoms with van der Waals surface area (Å²) in [5, 5.41) is 6.76. The molecule has 126 valence electrons. The van der Waals surface area contributed by atoms with E-state index in [2.05, 4.69) is 10.6 Å². The molecule has 0 saturated heterocycles. The number of carbonyl (C=O) groups is 1. The summed E-state index contributed by atoms with van der Waals surface area (Å²) >= 11 is 6.06. The number of rotatable bonds is 5. The third kappa shape index (κ3) is 3.64. The molecule has 2 aliphatic rings. The fourth-order valence-corrected chi connectivity index (χ4v) is 4.19. The Bertz CT molecular complexity index is 580. The highest BCUT2D eigenvalue weighted by molar-refractivity contribution is 6.30. The summed E-state index contributed by atoms with van der Waals surface area (Å²) in [5.41, 5.74) is 0.351. The lowest BCUT2D eigenvalue weighted by Gasteiger charge is -2.30. The van der Waals surface area contributed by atoms with Crippen molar-refractivity contribution in [3.8, 4) is 0 Å². The molecule has 2 bridgehead atoms. The largest absolute Gasteiger partial charge is 0.372 e. The maximum atomic E-state index is 12.2. The summed E-state index contributed by atoms with van der Waals surface area (Å²) in [6, 6.07) is 7.80. The van der Waals surface area contributed by atoms with Gasteiger partial charge in [0.15, 0.2) is 0 Å². The number of hydrogen-bond acceptors (Lipinski definition) is 2. The third-order valence-corrected chi connectivity index (χ3v) is 5.76. The summed E-state index contributed by atoms with van der Waals surface area (Å²) in [5.74, 6) is 1.49. The van der Waals surface area contributed by atoms with Crippen molar-refractivity contribution in [1.29, 1.82) is 0 Å². The number of carbonyl (C=O) groups excluding carboxylic acids is 1. The normalized spacial score (nSPS) is 28.4. The lowest BCUT2D eigenvalue weighted by molar-refractivity contribution is 0.00478. The molecule has 2 N–H and O–H groups in total. The van der Waals surface area contributed by atoms with Crippen LogP contribution in [0.4, 0.5) is 4.79 Å². The molecule has 2 aliphatic carbocycles. The number of amides is 2. The van der Waals surface area contributed by atoms with Gasteiger partial charge in [0, 0.05) is 18.2 Å². The smallest absolute Gasteiger partial charge is 0.315 e. The van der Waals surface area contributed by atoms with E-state index < -0.39 is 5.60 Å². The molecule has 0 radical (unpaired) electrons. The van der Waals surface area contributed by atoms with Crippen molar-refractivity contribution in [2.45, 2.75) is 44.2 Å².